The quantitative estimate of drug-likeness (QED) is 0.857. The summed E-state index contributed by atoms with van der Waals surface area (Å²) in [5, 5.41) is 8.34. The maximum absolute atomic E-state index is 12.2. The van der Waals surface area contributed by atoms with E-state index in [4.69, 9.17) is 11.6 Å². The molecule has 5 nitrogen and oxygen atoms in total. The molecular weight excluding hydrogens is 332 g/mol. The van der Waals surface area contributed by atoms with Gasteiger partial charge in [0.05, 0.1) is 5.75 Å². The number of piperidine rings is 1. The van der Waals surface area contributed by atoms with E-state index in [-0.39, 0.29) is 5.91 Å². The summed E-state index contributed by atoms with van der Waals surface area (Å²) in [4.78, 5) is 18.6. The first-order valence-electron chi connectivity index (χ1n) is 7.71. The van der Waals surface area contributed by atoms with Gasteiger partial charge in [-0.1, -0.05) is 30.3 Å². The normalized spacial score (nSPS) is 15.8. The Labute approximate surface area is 144 Å². The van der Waals surface area contributed by atoms with Crippen LogP contribution in [0.15, 0.2) is 29.4 Å². The van der Waals surface area contributed by atoms with Gasteiger partial charge >= 0.3 is 0 Å². The first-order chi connectivity index (χ1) is 11.1. The van der Waals surface area contributed by atoms with Crippen LogP contribution >= 0.6 is 23.4 Å². The summed E-state index contributed by atoms with van der Waals surface area (Å²) in [5.74, 6) is 1.96. The smallest absolute Gasteiger partial charge is 0.233 e. The van der Waals surface area contributed by atoms with Crippen LogP contribution in [-0.2, 0) is 4.79 Å². The van der Waals surface area contributed by atoms with Gasteiger partial charge in [0.25, 0.3) is 0 Å². The first-order valence-corrected chi connectivity index (χ1v) is 9.07. The molecule has 0 aliphatic carbocycles. The molecule has 1 aromatic carbocycles. The number of carbonyl (C=O) groups excluding carboxylic acids is 1. The molecule has 1 fully saturated rings. The Morgan fingerprint density at radius 3 is 2.74 bits per heavy atom. The van der Waals surface area contributed by atoms with Crippen LogP contribution in [0.2, 0.25) is 5.02 Å². The van der Waals surface area contributed by atoms with Crippen LogP contribution in [0.25, 0.3) is 11.4 Å². The van der Waals surface area contributed by atoms with Gasteiger partial charge in [-0.2, -0.15) is 0 Å². The van der Waals surface area contributed by atoms with Crippen molar-refractivity contribution >= 4 is 29.3 Å². The number of carbonyl (C=O) groups is 1. The highest BCUT2D eigenvalue weighted by Gasteiger charge is 2.20. The van der Waals surface area contributed by atoms with E-state index in [1.54, 1.807) is 0 Å². The molecule has 0 saturated carbocycles. The second-order valence-corrected chi connectivity index (χ2v) is 7.20. The van der Waals surface area contributed by atoms with E-state index in [2.05, 4.69) is 22.1 Å². The molecule has 2 aromatic rings. The molecule has 0 radical (unpaired) electrons. The second-order valence-electron chi connectivity index (χ2n) is 5.83. The number of nitrogens with one attached hydrogen (secondary N) is 1. The SMILES string of the molecule is CC1CCN(C(=O)CSc2n[nH]c(-c3ccc(Cl)cc3)n2)CC1. The van der Waals surface area contributed by atoms with Crippen LogP contribution in [-0.4, -0.2) is 44.8 Å². The zero-order valence-corrected chi connectivity index (χ0v) is 14.5. The molecule has 23 heavy (non-hydrogen) atoms. The Hall–Kier alpha value is -1.53. The Balaban J connectivity index is 1.55. The van der Waals surface area contributed by atoms with Gasteiger partial charge in [-0.15, -0.1) is 5.10 Å². The standard InChI is InChI=1S/C16H19ClN4OS/c1-11-6-8-21(9-7-11)14(22)10-23-16-18-15(19-20-16)12-2-4-13(17)5-3-12/h2-5,11H,6-10H2,1H3,(H,18,19,20). The lowest BCUT2D eigenvalue weighted by atomic mass is 9.99. The monoisotopic (exact) mass is 350 g/mol. The van der Waals surface area contributed by atoms with Crippen LogP contribution in [0.1, 0.15) is 19.8 Å². The highest BCUT2D eigenvalue weighted by atomic mass is 35.5. The molecule has 0 bridgehead atoms. The van der Waals surface area contributed by atoms with E-state index >= 15 is 0 Å². The maximum atomic E-state index is 12.2. The zero-order valence-electron chi connectivity index (χ0n) is 13.0. The van der Waals surface area contributed by atoms with E-state index in [0.717, 1.165) is 37.4 Å². The molecular formula is C16H19ClN4OS. The molecule has 1 saturated heterocycles. The Kier molecular flexibility index (Phi) is 5.23. The minimum absolute atomic E-state index is 0.166. The molecule has 3 rings (SSSR count). The lowest BCUT2D eigenvalue weighted by molar-refractivity contribution is -0.129. The van der Waals surface area contributed by atoms with Gasteiger partial charge in [0, 0.05) is 23.7 Å². The van der Waals surface area contributed by atoms with Gasteiger partial charge in [0.1, 0.15) is 0 Å². The Morgan fingerprint density at radius 1 is 1.35 bits per heavy atom. The van der Waals surface area contributed by atoms with Crippen molar-refractivity contribution in [2.75, 3.05) is 18.8 Å². The van der Waals surface area contributed by atoms with E-state index < -0.39 is 0 Å². The van der Waals surface area contributed by atoms with Crippen molar-refractivity contribution < 1.29 is 4.79 Å². The van der Waals surface area contributed by atoms with Gasteiger partial charge < -0.3 is 4.90 Å². The van der Waals surface area contributed by atoms with Crippen LogP contribution in [0.3, 0.4) is 0 Å². The number of aromatic amines is 1. The number of halogens is 1. The summed E-state index contributed by atoms with van der Waals surface area (Å²) in [5.41, 5.74) is 0.921. The van der Waals surface area contributed by atoms with Crippen molar-refractivity contribution in [1.82, 2.24) is 20.1 Å². The van der Waals surface area contributed by atoms with E-state index in [1.165, 1.54) is 11.8 Å². The largest absolute Gasteiger partial charge is 0.342 e. The number of likely N-dealkylation sites (tertiary alicyclic amines) is 1. The highest BCUT2D eigenvalue weighted by Crippen LogP contribution is 2.22. The highest BCUT2D eigenvalue weighted by molar-refractivity contribution is 7.99. The number of nitrogens with zero attached hydrogens (tertiary/aromatic N) is 3. The molecule has 1 aliphatic rings. The van der Waals surface area contributed by atoms with Crippen molar-refractivity contribution in [1.29, 1.82) is 0 Å². The summed E-state index contributed by atoms with van der Waals surface area (Å²) >= 11 is 7.25. The lowest BCUT2D eigenvalue weighted by Crippen LogP contribution is -2.38. The summed E-state index contributed by atoms with van der Waals surface area (Å²) in [6.45, 7) is 3.97. The average molecular weight is 351 g/mol. The van der Waals surface area contributed by atoms with Gasteiger partial charge in [0.2, 0.25) is 11.1 Å². The van der Waals surface area contributed by atoms with Crippen LogP contribution in [0.4, 0.5) is 0 Å². The van der Waals surface area contributed by atoms with Gasteiger partial charge in [-0.3, -0.25) is 9.89 Å². The van der Waals surface area contributed by atoms with Crippen LogP contribution in [0.5, 0.6) is 0 Å². The molecule has 0 atom stereocenters. The predicted octanol–water partition coefficient (Wildman–Crippen LogP) is 3.48. The minimum Gasteiger partial charge on any atom is -0.342 e. The van der Waals surface area contributed by atoms with E-state index in [9.17, 15) is 4.79 Å². The first kappa shape index (κ1) is 16.3. The van der Waals surface area contributed by atoms with Crippen molar-refractivity contribution in [2.24, 2.45) is 5.92 Å². The Bertz CT molecular complexity index is 665. The summed E-state index contributed by atoms with van der Waals surface area (Å²) < 4.78 is 0. The summed E-state index contributed by atoms with van der Waals surface area (Å²) in [6, 6.07) is 7.40. The van der Waals surface area contributed by atoms with Crippen molar-refractivity contribution in [3.8, 4) is 11.4 Å². The molecule has 1 aliphatic heterocycles. The van der Waals surface area contributed by atoms with Crippen LogP contribution < -0.4 is 0 Å². The van der Waals surface area contributed by atoms with Crippen molar-refractivity contribution in [2.45, 2.75) is 24.9 Å². The molecule has 122 valence electrons. The fourth-order valence-corrected chi connectivity index (χ4v) is 3.35. The third-order valence-electron chi connectivity index (χ3n) is 4.04. The molecule has 1 aromatic heterocycles. The van der Waals surface area contributed by atoms with E-state index in [1.807, 2.05) is 29.2 Å². The number of rotatable bonds is 4. The van der Waals surface area contributed by atoms with Crippen molar-refractivity contribution in [3.05, 3.63) is 29.3 Å². The number of thioether (sulfide) groups is 1. The zero-order chi connectivity index (χ0) is 16.2. The predicted molar refractivity (Wildman–Crippen MR) is 92.5 cm³/mol. The molecule has 0 spiro atoms. The van der Waals surface area contributed by atoms with Gasteiger partial charge in [0.15, 0.2) is 5.82 Å². The summed E-state index contributed by atoms with van der Waals surface area (Å²) in [6.07, 6.45) is 2.19. The number of benzene rings is 1. The van der Waals surface area contributed by atoms with Crippen LogP contribution in [0, 0.1) is 5.92 Å². The van der Waals surface area contributed by atoms with Gasteiger partial charge in [-0.25, -0.2) is 4.98 Å². The molecule has 1 N–H and O–H groups in total. The fourth-order valence-electron chi connectivity index (χ4n) is 2.52. The second kappa shape index (κ2) is 7.36. The van der Waals surface area contributed by atoms with E-state index in [0.29, 0.717) is 21.8 Å². The third kappa shape index (κ3) is 4.26. The average Bonchev–Trinajstić information content (AvgIpc) is 3.03. The maximum Gasteiger partial charge on any atom is 0.233 e. The molecule has 7 heteroatoms. The van der Waals surface area contributed by atoms with Crippen molar-refractivity contribution in [3.63, 3.8) is 0 Å². The number of aromatic nitrogens is 3. The lowest BCUT2D eigenvalue weighted by Gasteiger charge is -2.30. The van der Waals surface area contributed by atoms with Gasteiger partial charge in [-0.05, 0) is 43.0 Å². The molecule has 0 unspecified atom stereocenters. The minimum atomic E-state index is 0.166. The number of H-pyrrole nitrogens is 1. The number of hydrogen-bond acceptors (Lipinski definition) is 4. The molecule has 2 heterocycles. The summed E-state index contributed by atoms with van der Waals surface area (Å²) in [7, 11) is 0. The number of hydrogen-bond donors (Lipinski definition) is 1. The third-order valence-corrected chi connectivity index (χ3v) is 5.13. The number of amides is 1. The molecule has 1 amide bonds. The fraction of sp³-hybridized carbons (Fsp3) is 0.438. The Morgan fingerprint density at radius 2 is 2.04 bits per heavy atom. The topological polar surface area (TPSA) is 61.9 Å².